The summed E-state index contributed by atoms with van der Waals surface area (Å²) in [6.07, 6.45) is 4.27. The zero-order valence-corrected chi connectivity index (χ0v) is 20.4. The van der Waals surface area contributed by atoms with Gasteiger partial charge in [0.2, 0.25) is 15.9 Å². The summed E-state index contributed by atoms with van der Waals surface area (Å²) in [5, 5.41) is 7.47. The molecule has 3 rings (SSSR count). The van der Waals surface area contributed by atoms with Gasteiger partial charge in [0.15, 0.2) is 5.75 Å². The van der Waals surface area contributed by atoms with Crippen molar-refractivity contribution in [2.24, 2.45) is 7.05 Å². The number of aryl methyl sites for hydroxylation is 2. The zero-order chi connectivity index (χ0) is 24.0. The van der Waals surface area contributed by atoms with E-state index in [1.165, 1.54) is 16.4 Å². The molecule has 0 aliphatic rings. The minimum atomic E-state index is -3.71. The van der Waals surface area contributed by atoms with Crippen molar-refractivity contribution < 1.29 is 17.9 Å². The number of carbonyl (C=O) groups excluding carboxylic acids is 1. The molecule has 1 N–H and O–H groups in total. The van der Waals surface area contributed by atoms with Crippen molar-refractivity contribution in [1.82, 2.24) is 14.1 Å². The highest BCUT2D eigenvalue weighted by molar-refractivity contribution is 7.89. The van der Waals surface area contributed by atoms with Crippen LogP contribution in [-0.4, -0.2) is 41.5 Å². The number of hydrogen-bond acceptors (Lipinski definition) is 5. The highest BCUT2D eigenvalue weighted by Crippen LogP contribution is 2.33. The van der Waals surface area contributed by atoms with E-state index in [0.29, 0.717) is 36.0 Å². The summed E-state index contributed by atoms with van der Waals surface area (Å²) in [4.78, 5) is 12.8. The number of rotatable bonds is 10. The van der Waals surface area contributed by atoms with E-state index in [4.69, 9.17) is 16.3 Å². The molecule has 176 valence electrons. The molecule has 0 radical (unpaired) electrons. The maximum atomic E-state index is 13.0. The van der Waals surface area contributed by atoms with Gasteiger partial charge >= 0.3 is 0 Å². The summed E-state index contributed by atoms with van der Waals surface area (Å²) in [5.41, 5.74) is 1.21. The predicted molar refractivity (Wildman–Crippen MR) is 128 cm³/mol. The van der Waals surface area contributed by atoms with Crippen LogP contribution in [0.1, 0.15) is 25.8 Å². The van der Waals surface area contributed by atoms with Crippen LogP contribution in [0.25, 0.3) is 0 Å². The predicted octanol–water partition coefficient (Wildman–Crippen LogP) is 4.47. The number of carbonyl (C=O) groups is 1. The second-order valence-electron chi connectivity index (χ2n) is 7.37. The van der Waals surface area contributed by atoms with Crippen LogP contribution in [0.4, 0.5) is 5.69 Å². The van der Waals surface area contributed by atoms with Crippen LogP contribution in [0.3, 0.4) is 0 Å². The number of halogens is 1. The molecule has 1 heterocycles. The number of benzene rings is 2. The van der Waals surface area contributed by atoms with E-state index >= 15 is 0 Å². The summed E-state index contributed by atoms with van der Waals surface area (Å²) in [5.74, 6) is 0.562. The third kappa shape index (κ3) is 6.34. The smallest absolute Gasteiger partial charge is 0.243 e. The SMILES string of the molecule is CCN(CC)S(=O)(=O)c1ccc(Oc2ccc(Cl)cc2)c(NC(=O)CCc2cnn(C)c2)c1. The maximum absolute atomic E-state index is 13.0. The first-order valence-electron chi connectivity index (χ1n) is 10.6. The third-order valence-corrected chi connectivity index (χ3v) is 7.31. The molecule has 0 saturated carbocycles. The van der Waals surface area contributed by atoms with E-state index in [0.717, 1.165) is 5.56 Å². The first-order valence-corrected chi connectivity index (χ1v) is 12.4. The van der Waals surface area contributed by atoms with Gasteiger partial charge in [0.1, 0.15) is 5.75 Å². The molecule has 1 amide bonds. The van der Waals surface area contributed by atoms with Crippen molar-refractivity contribution in [3.8, 4) is 11.5 Å². The second kappa shape index (κ2) is 10.8. The van der Waals surface area contributed by atoms with Gasteiger partial charge in [-0.3, -0.25) is 9.48 Å². The summed E-state index contributed by atoms with van der Waals surface area (Å²) >= 11 is 5.94. The van der Waals surface area contributed by atoms with E-state index in [1.807, 2.05) is 13.2 Å². The molecule has 0 saturated heterocycles. The molecule has 0 unspecified atom stereocenters. The lowest BCUT2D eigenvalue weighted by molar-refractivity contribution is -0.116. The van der Waals surface area contributed by atoms with Gasteiger partial charge in [-0.25, -0.2) is 8.42 Å². The largest absolute Gasteiger partial charge is 0.455 e. The van der Waals surface area contributed by atoms with Gasteiger partial charge in [0, 0.05) is 37.8 Å². The second-order valence-corrected chi connectivity index (χ2v) is 9.75. The van der Waals surface area contributed by atoms with E-state index in [-0.39, 0.29) is 22.9 Å². The molecular formula is C23H27ClN4O4S. The molecule has 10 heteroatoms. The third-order valence-electron chi connectivity index (χ3n) is 5.01. The fourth-order valence-electron chi connectivity index (χ4n) is 3.27. The van der Waals surface area contributed by atoms with E-state index in [2.05, 4.69) is 10.4 Å². The molecule has 0 aliphatic heterocycles. The minimum Gasteiger partial charge on any atom is -0.455 e. The Hall–Kier alpha value is -2.88. The minimum absolute atomic E-state index is 0.0808. The van der Waals surface area contributed by atoms with Gasteiger partial charge in [-0.2, -0.15) is 9.40 Å². The lowest BCUT2D eigenvalue weighted by atomic mass is 10.2. The number of anilines is 1. The highest BCUT2D eigenvalue weighted by Gasteiger charge is 2.23. The molecule has 0 bridgehead atoms. The van der Waals surface area contributed by atoms with Crippen LogP contribution in [0.2, 0.25) is 5.02 Å². The van der Waals surface area contributed by atoms with Gasteiger partial charge in [-0.15, -0.1) is 0 Å². The average molecular weight is 491 g/mol. The summed E-state index contributed by atoms with van der Waals surface area (Å²) in [6.45, 7) is 4.24. The molecule has 8 nitrogen and oxygen atoms in total. The summed E-state index contributed by atoms with van der Waals surface area (Å²) in [7, 11) is -1.90. The molecule has 2 aromatic carbocycles. The maximum Gasteiger partial charge on any atom is 0.243 e. The Morgan fingerprint density at radius 3 is 2.45 bits per heavy atom. The molecule has 1 aromatic heterocycles. The van der Waals surface area contributed by atoms with Gasteiger partial charge in [-0.1, -0.05) is 25.4 Å². The lowest BCUT2D eigenvalue weighted by Crippen LogP contribution is -2.30. The Labute approximate surface area is 199 Å². The van der Waals surface area contributed by atoms with Gasteiger partial charge in [-0.05, 0) is 54.4 Å². The number of hydrogen-bond donors (Lipinski definition) is 1. The lowest BCUT2D eigenvalue weighted by Gasteiger charge is -2.20. The quantitative estimate of drug-likeness (QED) is 0.452. The number of sulfonamides is 1. The Morgan fingerprint density at radius 2 is 1.85 bits per heavy atom. The molecule has 0 fully saturated rings. The Morgan fingerprint density at radius 1 is 1.15 bits per heavy atom. The van der Waals surface area contributed by atoms with E-state index in [1.54, 1.807) is 55.1 Å². The van der Waals surface area contributed by atoms with Crippen LogP contribution in [0.5, 0.6) is 11.5 Å². The van der Waals surface area contributed by atoms with Gasteiger partial charge in [0.05, 0.1) is 16.8 Å². The fourth-order valence-corrected chi connectivity index (χ4v) is 4.88. The number of nitrogens with zero attached hydrogens (tertiary/aromatic N) is 3. The summed E-state index contributed by atoms with van der Waals surface area (Å²) < 4.78 is 34.9. The number of aromatic nitrogens is 2. The van der Waals surface area contributed by atoms with Crippen molar-refractivity contribution in [2.75, 3.05) is 18.4 Å². The normalized spacial score (nSPS) is 11.5. The van der Waals surface area contributed by atoms with Crippen LogP contribution >= 0.6 is 11.6 Å². The van der Waals surface area contributed by atoms with Crippen molar-refractivity contribution in [3.05, 3.63) is 65.4 Å². The molecule has 3 aromatic rings. The first-order chi connectivity index (χ1) is 15.7. The van der Waals surface area contributed by atoms with Crippen LogP contribution in [0.15, 0.2) is 59.8 Å². The van der Waals surface area contributed by atoms with Crippen molar-refractivity contribution in [2.45, 2.75) is 31.6 Å². The molecule has 0 aliphatic carbocycles. The Bertz CT molecular complexity index is 1210. The van der Waals surface area contributed by atoms with Crippen molar-refractivity contribution in [1.29, 1.82) is 0 Å². The Balaban J connectivity index is 1.88. The number of nitrogens with one attached hydrogen (secondary N) is 1. The molecule has 33 heavy (non-hydrogen) atoms. The van der Waals surface area contributed by atoms with Crippen LogP contribution < -0.4 is 10.1 Å². The number of ether oxygens (including phenoxy) is 1. The van der Waals surface area contributed by atoms with Crippen LogP contribution in [0, 0.1) is 0 Å². The number of amides is 1. The van der Waals surface area contributed by atoms with Gasteiger partial charge < -0.3 is 10.1 Å². The molecule has 0 atom stereocenters. The molecule has 0 spiro atoms. The molecular weight excluding hydrogens is 464 g/mol. The van der Waals surface area contributed by atoms with Gasteiger partial charge in [0.25, 0.3) is 0 Å². The van der Waals surface area contributed by atoms with E-state index < -0.39 is 10.0 Å². The first kappa shape index (κ1) is 24.8. The van der Waals surface area contributed by atoms with Crippen molar-refractivity contribution >= 4 is 33.2 Å². The summed E-state index contributed by atoms with van der Waals surface area (Å²) in [6, 6.07) is 11.2. The van der Waals surface area contributed by atoms with Crippen molar-refractivity contribution in [3.63, 3.8) is 0 Å². The monoisotopic (exact) mass is 490 g/mol. The zero-order valence-electron chi connectivity index (χ0n) is 18.8. The Kier molecular flexibility index (Phi) is 8.12. The van der Waals surface area contributed by atoms with Crippen LogP contribution in [-0.2, 0) is 28.3 Å². The van der Waals surface area contributed by atoms with E-state index in [9.17, 15) is 13.2 Å². The highest BCUT2D eigenvalue weighted by atomic mass is 35.5. The topological polar surface area (TPSA) is 93.5 Å². The average Bonchev–Trinajstić information content (AvgIpc) is 3.20. The standard InChI is InChI=1S/C23H27ClN4O4S/c1-4-28(5-2)33(30,31)20-11-12-22(32-19-9-7-18(24)8-10-19)21(14-20)26-23(29)13-6-17-15-25-27(3)16-17/h7-12,14-16H,4-6,13H2,1-3H3,(H,26,29). The fraction of sp³-hybridized carbons (Fsp3) is 0.304.